The second kappa shape index (κ2) is 8.14. The van der Waals surface area contributed by atoms with Gasteiger partial charge in [0.2, 0.25) is 0 Å². The Morgan fingerprint density at radius 1 is 0.750 bits per heavy atom. The number of ketones is 1. The Labute approximate surface area is 169 Å². The average molecular weight is 371 g/mol. The van der Waals surface area contributed by atoms with Gasteiger partial charge in [-0.25, -0.2) is 0 Å². The highest BCUT2D eigenvalue weighted by molar-refractivity contribution is 6.01. The third-order valence-corrected chi connectivity index (χ3v) is 5.53. The fourth-order valence-electron chi connectivity index (χ4n) is 4.02. The lowest BCUT2D eigenvalue weighted by Crippen LogP contribution is -2.00. The van der Waals surface area contributed by atoms with Crippen LogP contribution in [0, 0.1) is 20.8 Å². The summed E-state index contributed by atoms with van der Waals surface area (Å²) < 4.78 is 0. The molecule has 0 N–H and O–H groups in total. The second-order valence-electron chi connectivity index (χ2n) is 7.84. The third-order valence-electron chi connectivity index (χ3n) is 5.53. The van der Waals surface area contributed by atoms with Crippen molar-refractivity contribution in [3.8, 4) is 22.3 Å². The molecule has 0 atom stereocenters. The predicted octanol–water partition coefficient (Wildman–Crippen LogP) is 7.27. The van der Waals surface area contributed by atoms with E-state index in [0.29, 0.717) is 0 Å². The van der Waals surface area contributed by atoms with Gasteiger partial charge in [0.05, 0.1) is 0 Å². The lowest BCUT2D eigenvalue weighted by atomic mass is 9.86. The van der Waals surface area contributed by atoms with Crippen LogP contribution in [-0.2, 0) is 12.8 Å². The molecule has 3 aromatic rings. The maximum Gasteiger partial charge on any atom is 0.160 e. The number of aryl methyl sites for hydroxylation is 5. The summed E-state index contributed by atoms with van der Waals surface area (Å²) in [4.78, 5) is 12.2. The lowest BCUT2D eigenvalue weighted by molar-refractivity contribution is 0.101. The van der Waals surface area contributed by atoms with E-state index in [1.165, 1.54) is 44.5 Å². The van der Waals surface area contributed by atoms with Crippen molar-refractivity contribution in [2.24, 2.45) is 0 Å². The van der Waals surface area contributed by atoms with E-state index >= 15 is 0 Å². The first kappa shape index (κ1) is 20.1. The van der Waals surface area contributed by atoms with Crippen molar-refractivity contribution in [3.63, 3.8) is 0 Å². The Morgan fingerprint density at radius 3 is 2.14 bits per heavy atom. The normalized spacial score (nSPS) is 10.9. The lowest BCUT2D eigenvalue weighted by Gasteiger charge is -2.17. The van der Waals surface area contributed by atoms with E-state index in [1.54, 1.807) is 6.92 Å². The quantitative estimate of drug-likeness (QED) is 0.431. The smallest absolute Gasteiger partial charge is 0.160 e. The summed E-state index contributed by atoms with van der Waals surface area (Å²) in [5.74, 6) is 0.116. The molecule has 28 heavy (non-hydrogen) atoms. The van der Waals surface area contributed by atoms with Gasteiger partial charge in [0.1, 0.15) is 0 Å². The molecule has 0 amide bonds. The van der Waals surface area contributed by atoms with Crippen molar-refractivity contribution in [3.05, 3.63) is 81.9 Å². The average Bonchev–Trinajstić information content (AvgIpc) is 2.66. The van der Waals surface area contributed by atoms with Crippen LogP contribution < -0.4 is 0 Å². The van der Waals surface area contributed by atoms with Gasteiger partial charge >= 0.3 is 0 Å². The third kappa shape index (κ3) is 3.94. The van der Waals surface area contributed by atoms with Crippen molar-refractivity contribution in [1.29, 1.82) is 0 Å². The number of carbonyl (C=O) groups excluding carboxylic acids is 1. The Balaban J connectivity index is 2.24. The zero-order chi connectivity index (χ0) is 20.4. The number of benzene rings is 3. The van der Waals surface area contributed by atoms with E-state index in [9.17, 15) is 4.79 Å². The molecule has 0 aliphatic heterocycles. The zero-order valence-electron chi connectivity index (χ0n) is 17.9. The van der Waals surface area contributed by atoms with Crippen molar-refractivity contribution in [1.82, 2.24) is 0 Å². The first-order valence-electron chi connectivity index (χ1n) is 10.2. The van der Waals surface area contributed by atoms with Gasteiger partial charge in [0.25, 0.3) is 0 Å². The molecule has 0 saturated heterocycles. The number of hydrogen-bond donors (Lipinski definition) is 0. The fraction of sp³-hybridized carbons (Fsp3) is 0.296. The van der Waals surface area contributed by atoms with Crippen LogP contribution in [0.3, 0.4) is 0 Å². The summed E-state index contributed by atoms with van der Waals surface area (Å²) >= 11 is 0. The Morgan fingerprint density at radius 2 is 1.50 bits per heavy atom. The predicted molar refractivity (Wildman–Crippen MR) is 120 cm³/mol. The summed E-state index contributed by atoms with van der Waals surface area (Å²) in [5, 5.41) is 0. The molecule has 1 nitrogen and oxygen atoms in total. The van der Waals surface area contributed by atoms with Gasteiger partial charge in [0.15, 0.2) is 5.78 Å². The van der Waals surface area contributed by atoms with Crippen LogP contribution in [0.1, 0.15) is 58.9 Å². The van der Waals surface area contributed by atoms with Crippen LogP contribution >= 0.6 is 0 Å². The van der Waals surface area contributed by atoms with E-state index in [0.717, 1.165) is 24.0 Å². The number of hydrogen-bond acceptors (Lipinski definition) is 1. The molecule has 3 rings (SSSR count). The highest BCUT2D eigenvalue weighted by Crippen LogP contribution is 2.35. The van der Waals surface area contributed by atoms with Crippen LogP contribution in [0.5, 0.6) is 0 Å². The van der Waals surface area contributed by atoms with Gasteiger partial charge in [-0.15, -0.1) is 0 Å². The highest BCUT2D eigenvalue weighted by atomic mass is 16.1. The van der Waals surface area contributed by atoms with Gasteiger partial charge < -0.3 is 0 Å². The molecule has 0 bridgehead atoms. The molecular weight excluding hydrogens is 340 g/mol. The number of carbonyl (C=O) groups is 1. The van der Waals surface area contributed by atoms with Gasteiger partial charge in [-0.1, -0.05) is 73.5 Å². The fourth-order valence-corrected chi connectivity index (χ4v) is 4.02. The summed E-state index contributed by atoms with van der Waals surface area (Å²) in [6, 6.07) is 17.6. The minimum Gasteiger partial charge on any atom is -0.294 e. The van der Waals surface area contributed by atoms with Crippen LogP contribution in [-0.4, -0.2) is 5.78 Å². The Bertz CT molecular complexity index is 1040. The van der Waals surface area contributed by atoms with E-state index < -0.39 is 0 Å². The van der Waals surface area contributed by atoms with Crippen molar-refractivity contribution >= 4 is 5.78 Å². The molecule has 0 spiro atoms. The second-order valence-corrected chi connectivity index (χ2v) is 7.84. The van der Waals surface area contributed by atoms with Gasteiger partial charge in [-0.2, -0.15) is 0 Å². The first-order valence-corrected chi connectivity index (χ1v) is 10.2. The summed E-state index contributed by atoms with van der Waals surface area (Å²) in [6.45, 7) is 12.5. The molecule has 0 saturated carbocycles. The largest absolute Gasteiger partial charge is 0.294 e. The topological polar surface area (TPSA) is 17.1 Å². The maximum atomic E-state index is 12.2. The van der Waals surface area contributed by atoms with E-state index in [1.807, 2.05) is 12.1 Å². The first-order chi connectivity index (χ1) is 13.3. The Hall–Kier alpha value is -2.67. The minimum absolute atomic E-state index is 0.116. The molecule has 0 fully saturated rings. The van der Waals surface area contributed by atoms with Crippen molar-refractivity contribution in [2.75, 3.05) is 0 Å². The molecule has 0 aliphatic rings. The maximum absolute atomic E-state index is 12.2. The Kier molecular flexibility index (Phi) is 5.84. The van der Waals surface area contributed by atoms with Crippen LogP contribution in [0.25, 0.3) is 22.3 Å². The van der Waals surface area contributed by atoms with Crippen LogP contribution in [0.4, 0.5) is 0 Å². The molecule has 0 radical (unpaired) electrons. The SMILES string of the molecule is CCc1cc(C)cc(-c2cc(CC)c(-c3cc(C)ccc3C(C)=O)cc2C)c1. The van der Waals surface area contributed by atoms with E-state index in [4.69, 9.17) is 0 Å². The standard InChI is InChI=1S/C27H30O/c1-7-21-11-18(4)12-23(15-21)25-16-22(8-2)26(14-19(25)5)27-13-17(3)9-10-24(27)20(6)28/h9-16H,7-8H2,1-6H3. The molecule has 0 aromatic heterocycles. The van der Waals surface area contributed by atoms with Crippen molar-refractivity contribution in [2.45, 2.75) is 54.4 Å². The molecule has 3 aromatic carbocycles. The molecular formula is C27H30O. The van der Waals surface area contributed by atoms with Crippen LogP contribution in [0.2, 0.25) is 0 Å². The monoisotopic (exact) mass is 370 g/mol. The van der Waals surface area contributed by atoms with Gasteiger partial charge in [-0.05, 0) is 79.5 Å². The summed E-state index contributed by atoms with van der Waals surface area (Å²) in [6.07, 6.45) is 1.97. The van der Waals surface area contributed by atoms with Crippen molar-refractivity contribution < 1.29 is 4.79 Å². The molecule has 0 heterocycles. The minimum atomic E-state index is 0.116. The van der Waals surface area contributed by atoms with Gasteiger partial charge in [0, 0.05) is 5.56 Å². The number of rotatable bonds is 5. The molecule has 1 heteroatoms. The highest BCUT2D eigenvalue weighted by Gasteiger charge is 2.15. The van der Waals surface area contributed by atoms with E-state index in [2.05, 4.69) is 71.0 Å². The molecule has 0 unspecified atom stereocenters. The zero-order valence-corrected chi connectivity index (χ0v) is 17.9. The van der Waals surface area contributed by atoms with E-state index in [-0.39, 0.29) is 5.78 Å². The summed E-state index contributed by atoms with van der Waals surface area (Å²) in [7, 11) is 0. The number of Topliss-reactive ketones (excluding diaryl/α,β-unsaturated/α-hetero) is 1. The van der Waals surface area contributed by atoms with Gasteiger partial charge in [-0.3, -0.25) is 4.79 Å². The van der Waals surface area contributed by atoms with Crippen LogP contribution in [0.15, 0.2) is 48.5 Å². The molecule has 144 valence electrons. The molecule has 0 aliphatic carbocycles. The summed E-state index contributed by atoms with van der Waals surface area (Å²) in [5.41, 5.74) is 12.0.